The molecule has 0 spiro atoms. The standard InChI is InChI=1S/C15H16N4O/c20-14(11-12-5-1-2-6-12)18-13-7-3-8-16-15(13)19-10-4-9-17-19/h1,3-5,7-10,12H,2,6,11H2,(H,18,20)/t12-/m0/s1. The van der Waals surface area contributed by atoms with Crippen LogP contribution in [0.15, 0.2) is 48.9 Å². The van der Waals surface area contributed by atoms with Crippen molar-refractivity contribution in [3.63, 3.8) is 0 Å². The second kappa shape index (κ2) is 5.69. The number of rotatable bonds is 4. The molecule has 0 saturated carbocycles. The number of nitrogens with one attached hydrogen (secondary N) is 1. The fraction of sp³-hybridized carbons (Fsp3) is 0.267. The summed E-state index contributed by atoms with van der Waals surface area (Å²) in [7, 11) is 0. The summed E-state index contributed by atoms with van der Waals surface area (Å²) in [6.07, 6.45) is 12.1. The molecule has 1 atom stereocenters. The van der Waals surface area contributed by atoms with Gasteiger partial charge >= 0.3 is 0 Å². The molecular weight excluding hydrogens is 252 g/mol. The van der Waals surface area contributed by atoms with Crippen molar-refractivity contribution in [1.82, 2.24) is 14.8 Å². The Labute approximate surface area is 117 Å². The predicted molar refractivity (Wildman–Crippen MR) is 76.5 cm³/mol. The zero-order chi connectivity index (χ0) is 13.8. The molecule has 102 valence electrons. The quantitative estimate of drug-likeness (QED) is 0.867. The molecule has 2 aromatic heterocycles. The maximum absolute atomic E-state index is 12.1. The molecule has 0 unspecified atom stereocenters. The lowest BCUT2D eigenvalue weighted by Crippen LogP contribution is -2.16. The lowest BCUT2D eigenvalue weighted by atomic mass is 10.1. The number of hydrogen-bond acceptors (Lipinski definition) is 3. The third-order valence-corrected chi connectivity index (χ3v) is 3.34. The highest BCUT2D eigenvalue weighted by atomic mass is 16.1. The van der Waals surface area contributed by atoms with Crippen molar-refractivity contribution < 1.29 is 4.79 Å². The highest BCUT2D eigenvalue weighted by molar-refractivity contribution is 5.92. The van der Waals surface area contributed by atoms with Crippen LogP contribution in [0.2, 0.25) is 0 Å². The Bertz CT molecular complexity index is 619. The first-order valence-corrected chi connectivity index (χ1v) is 6.74. The van der Waals surface area contributed by atoms with Crippen molar-refractivity contribution in [3.8, 4) is 5.82 Å². The minimum atomic E-state index is 0.0166. The van der Waals surface area contributed by atoms with Gasteiger partial charge in [-0.15, -0.1) is 0 Å². The highest BCUT2D eigenvalue weighted by Gasteiger charge is 2.15. The number of carbonyl (C=O) groups excluding carboxylic acids is 1. The van der Waals surface area contributed by atoms with E-state index in [0.29, 0.717) is 23.8 Å². The van der Waals surface area contributed by atoms with Crippen LogP contribution in [0.25, 0.3) is 5.82 Å². The molecular formula is C15H16N4O. The second-order valence-corrected chi connectivity index (χ2v) is 4.84. The SMILES string of the molecule is O=C(C[C@H]1C=CCC1)Nc1cccnc1-n1cccn1. The third kappa shape index (κ3) is 2.77. The van der Waals surface area contributed by atoms with E-state index in [9.17, 15) is 4.79 Å². The molecule has 2 aromatic rings. The van der Waals surface area contributed by atoms with Crippen molar-refractivity contribution in [1.29, 1.82) is 0 Å². The Morgan fingerprint density at radius 3 is 3.10 bits per heavy atom. The van der Waals surface area contributed by atoms with E-state index in [0.717, 1.165) is 12.8 Å². The van der Waals surface area contributed by atoms with Crippen LogP contribution >= 0.6 is 0 Å². The van der Waals surface area contributed by atoms with Crippen LogP contribution < -0.4 is 5.32 Å². The fourth-order valence-electron chi connectivity index (χ4n) is 2.38. The van der Waals surface area contributed by atoms with Gasteiger partial charge in [0.05, 0.1) is 5.69 Å². The molecule has 0 radical (unpaired) electrons. The van der Waals surface area contributed by atoms with Crippen molar-refractivity contribution in [3.05, 3.63) is 48.9 Å². The number of pyridine rings is 1. The lowest BCUT2D eigenvalue weighted by molar-refractivity contribution is -0.116. The largest absolute Gasteiger partial charge is 0.323 e. The number of amides is 1. The molecule has 5 heteroatoms. The number of aromatic nitrogens is 3. The van der Waals surface area contributed by atoms with Gasteiger partial charge in [-0.2, -0.15) is 5.10 Å². The van der Waals surface area contributed by atoms with Gasteiger partial charge in [0, 0.05) is 25.0 Å². The molecule has 20 heavy (non-hydrogen) atoms. The van der Waals surface area contributed by atoms with E-state index in [1.165, 1.54) is 0 Å². The Morgan fingerprint density at radius 1 is 1.40 bits per heavy atom. The highest BCUT2D eigenvalue weighted by Crippen LogP contribution is 2.22. The zero-order valence-electron chi connectivity index (χ0n) is 11.1. The van der Waals surface area contributed by atoms with Gasteiger partial charge in [0.1, 0.15) is 0 Å². The van der Waals surface area contributed by atoms with Crippen molar-refractivity contribution >= 4 is 11.6 Å². The minimum Gasteiger partial charge on any atom is -0.323 e. The first-order valence-electron chi connectivity index (χ1n) is 6.74. The van der Waals surface area contributed by atoms with Crippen LogP contribution in [-0.2, 0) is 4.79 Å². The first-order chi connectivity index (χ1) is 9.83. The van der Waals surface area contributed by atoms with E-state index >= 15 is 0 Å². The summed E-state index contributed by atoms with van der Waals surface area (Å²) in [5, 5.41) is 7.08. The lowest BCUT2D eigenvalue weighted by Gasteiger charge is -2.11. The monoisotopic (exact) mass is 268 g/mol. The van der Waals surface area contributed by atoms with Gasteiger partial charge in [-0.1, -0.05) is 12.2 Å². The van der Waals surface area contributed by atoms with E-state index in [-0.39, 0.29) is 5.91 Å². The average molecular weight is 268 g/mol. The van der Waals surface area contributed by atoms with Crippen LogP contribution in [0.1, 0.15) is 19.3 Å². The Balaban J connectivity index is 1.74. The summed E-state index contributed by atoms with van der Waals surface area (Å²) in [6.45, 7) is 0. The summed E-state index contributed by atoms with van der Waals surface area (Å²) in [5.74, 6) is 1.01. The van der Waals surface area contributed by atoms with Crippen molar-refractivity contribution in [2.45, 2.75) is 19.3 Å². The summed E-state index contributed by atoms with van der Waals surface area (Å²) in [4.78, 5) is 16.4. The molecule has 3 rings (SSSR count). The van der Waals surface area contributed by atoms with Gasteiger partial charge in [-0.25, -0.2) is 9.67 Å². The number of hydrogen-bond donors (Lipinski definition) is 1. The number of anilines is 1. The van der Waals surface area contributed by atoms with Crippen LogP contribution in [0.3, 0.4) is 0 Å². The normalized spacial score (nSPS) is 17.3. The minimum absolute atomic E-state index is 0.0166. The van der Waals surface area contributed by atoms with Gasteiger partial charge < -0.3 is 5.32 Å². The summed E-state index contributed by atoms with van der Waals surface area (Å²) < 4.78 is 1.64. The molecule has 1 amide bonds. The van der Waals surface area contributed by atoms with Gasteiger partial charge in [-0.05, 0) is 37.0 Å². The van der Waals surface area contributed by atoms with E-state index < -0.39 is 0 Å². The molecule has 1 N–H and O–H groups in total. The number of allylic oxidation sites excluding steroid dienone is 2. The maximum Gasteiger partial charge on any atom is 0.225 e. The fourth-order valence-corrected chi connectivity index (χ4v) is 2.38. The van der Waals surface area contributed by atoms with Gasteiger partial charge in [-0.3, -0.25) is 4.79 Å². The smallest absolute Gasteiger partial charge is 0.225 e. The Morgan fingerprint density at radius 2 is 2.35 bits per heavy atom. The summed E-state index contributed by atoms with van der Waals surface area (Å²) >= 11 is 0. The van der Waals surface area contributed by atoms with Gasteiger partial charge in [0.15, 0.2) is 5.82 Å². The molecule has 2 heterocycles. The number of nitrogens with zero attached hydrogens (tertiary/aromatic N) is 3. The summed E-state index contributed by atoms with van der Waals surface area (Å²) in [6, 6.07) is 5.47. The molecule has 0 aliphatic heterocycles. The van der Waals surface area contributed by atoms with Crippen LogP contribution in [0.5, 0.6) is 0 Å². The van der Waals surface area contributed by atoms with Gasteiger partial charge in [0.2, 0.25) is 5.91 Å². The molecule has 0 aromatic carbocycles. The van der Waals surface area contributed by atoms with Gasteiger partial charge in [0.25, 0.3) is 0 Å². The zero-order valence-corrected chi connectivity index (χ0v) is 11.1. The maximum atomic E-state index is 12.1. The van der Waals surface area contributed by atoms with Crippen LogP contribution in [0, 0.1) is 5.92 Å². The van der Waals surface area contributed by atoms with E-state index in [1.807, 2.05) is 12.1 Å². The Hall–Kier alpha value is -2.43. The third-order valence-electron chi connectivity index (χ3n) is 3.34. The van der Waals surface area contributed by atoms with Crippen LogP contribution in [-0.4, -0.2) is 20.7 Å². The molecule has 1 aliphatic rings. The molecule has 0 bridgehead atoms. The molecule has 1 aliphatic carbocycles. The van der Waals surface area contributed by atoms with E-state index in [1.54, 1.807) is 29.3 Å². The second-order valence-electron chi connectivity index (χ2n) is 4.84. The first kappa shape index (κ1) is 12.6. The summed E-state index contributed by atoms with van der Waals surface area (Å²) in [5.41, 5.74) is 0.683. The Kier molecular flexibility index (Phi) is 3.58. The molecule has 0 fully saturated rings. The van der Waals surface area contributed by atoms with Crippen molar-refractivity contribution in [2.24, 2.45) is 5.92 Å². The van der Waals surface area contributed by atoms with E-state index in [4.69, 9.17) is 0 Å². The van der Waals surface area contributed by atoms with Crippen LogP contribution in [0.4, 0.5) is 5.69 Å². The average Bonchev–Trinajstić information content (AvgIpc) is 3.11. The number of carbonyl (C=O) groups is 1. The molecule has 0 saturated heterocycles. The molecule has 5 nitrogen and oxygen atoms in total. The predicted octanol–water partition coefficient (Wildman–Crippen LogP) is 2.56. The van der Waals surface area contributed by atoms with Crippen molar-refractivity contribution in [2.75, 3.05) is 5.32 Å². The topological polar surface area (TPSA) is 59.8 Å². The van der Waals surface area contributed by atoms with E-state index in [2.05, 4.69) is 27.6 Å².